The van der Waals surface area contributed by atoms with Crippen LogP contribution in [0.5, 0.6) is 0 Å². The second-order valence-electron chi connectivity index (χ2n) is 6.80. The van der Waals surface area contributed by atoms with Crippen molar-refractivity contribution < 1.29 is 9.90 Å². The lowest BCUT2D eigenvalue weighted by Gasteiger charge is -2.12. The van der Waals surface area contributed by atoms with Crippen LogP contribution in [0.2, 0.25) is 0 Å². The number of aromatic nitrogens is 2. The highest BCUT2D eigenvalue weighted by Gasteiger charge is 2.50. The first-order chi connectivity index (χ1) is 9.49. The topological polar surface area (TPSA) is 55.1 Å². The number of carbonyl (C=O) groups is 1. The Kier molecular flexibility index (Phi) is 2.16. The minimum Gasteiger partial charge on any atom is -0.478 e. The number of rotatable bonds is 3. The maximum atomic E-state index is 11.5. The Morgan fingerprint density at radius 2 is 2.10 bits per heavy atom. The Balaban J connectivity index is 2.01. The predicted molar refractivity (Wildman–Crippen MR) is 76.1 cm³/mol. The maximum absolute atomic E-state index is 11.5. The molecule has 2 saturated carbocycles. The van der Waals surface area contributed by atoms with E-state index in [9.17, 15) is 9.90 Å². The van der Waals surface area contributed by atoms with Gasteiger partial charge in [-0.2, -0.15) is 0 Å². The van der Waals surface area contributed by atoms with Crippen LogP contribution in [0.4, 0.5) is 0 Å². The lowest BCUT2D eigenvalue weighted by atomic mass is 10.1. The van der Waals surface area contributed by atoms with Crippen LogP contribution in [-0.4, -0.2) is 20.6 Å². The number of fused-ring (bicyclic) bond motifs is 1. The molecule has 2 fully saturated rings. The van der Waals surface area contributed by atoms with Gasteiger partial charge in [-0.3, -0.25) is 0 Å². The summed E-state index contributed by atoms with van der Waals surface area (Å²) >= 11 is 0. The van der Waals surface area contributed by atoms with Crippen molar-refractivity contribution in [3.63, 3.8) is 0 Å². The first kappa shape index (κ1) is 11.9. The first-order valence-electron chi connectivity index (χ1n) is 7.23. The van der Waals surface area contributed by atoms with Gasteiger partial charge in [0.1, 0.15) is 5.82 Å². The summed E-state index contributed by atoms with van der Waals surface area (Å²) in [6, 6.07) is 5.80. The van der Waals surface area contributed by atoms with E-state index < -0.39 is 5.97 Å². The number of para-hydroxylation sites is 1. The lowest BCUT2D eigenvalue weighted by Crippen LogP contribution is -2.08. The average molecular weight is 270 g/mol. The Labute approximate surface area is 117 Å². The highest BCUT2D eigenvalue weighted by molar-refractivity contribution is 6.01. The van der Waals surface area contributed by atoms with Crippen LogP contribution in [0.3, 0.4) is 0 Å². The van der Waals surface area contributed by atoms with E-state index in [1.54, 1.807) is 12.1 Å². The van der Waals surface area contributed by atoms with Gasteiger partial charge < -0.3 is 9.67 Å². The molecule has 0 radical (unpaired) electrons. The number of carboxylic acid groups (broad SMARTS) is 1. The number of imidazole rings is 1. The Bertz CT molecular complexity index is 725. The van der Waals surface area contributed by atoms with Gasteiger partial charge >= 0.3 is 5.97 Å². The fraction of sp³-hybridized carbons (Fsp3) is 0.500. The molecule has 2 aromatic rings. The molecule has 104 valence electrons. The number of aromatic carboxylic acids is 1. The smallest absolute Gasteiger partial charge is 0.337 e. The Hall–Kier alpha value is -1.84. The summed E-state index contributed by atoms with van der Waals surface area (Å²) in [5, 5.41) is 9.46. The molecule has 2 aliphatic rings. The van der Waals surface area contributed by atoms with Crippen LogP contribution >= 0.6 is 0 Å². The van der Waals surface area contributed by atoms with Crippen LogP contribution in [0, 0.1) is 5.41 Å². The average Bonchev–Trinajstić information content (AvgIpc) is 3.28. The normalized spacial score (nSPS) is 24.0. The third kappa shape index (κ3) is 1.60. The van der Waals surface area contributed by atoms with Crippen molar-refractivity contribution in [1.29, 1.82) is 0 Å². The van der Waals surface area contributed by atoms with Gasteiger partial charge in [0.2, 0.25) is 0 Å². The largest absolute Gasteiger partial charge is 0.478 e. The van der Waals surface area contributed by atoms with E-state index in [2.05, 4.69) is 18.4 Å². The van der Waals surface area contributed by atoms with Gasteiger partial charge in [0.25, 0.3) is 0 Å². The van der Waals surface area contributed by atoms with E-state index in [-0.39, 0.29) is 5.41 Å². The summed E-state index contributed by atoms with van der Waals surface area (Å²) in [7, 11) is 0. The summed E-state index contributed by atoms with van der Waals surface area (Å²) in [6.07, 6.45) is 3.46. The van der Waals surface area contributed by atoms with E-state index in [4.69, 9.17) is 4.98 Å². The zero-order valence-electron chi connectivity index (χ0n) is 11.8. The molecule has 4 rings (SSSR count). The summed E-state index contributed by atoms with van der Waals surface area (Å²) in [6.45, 7) is 4.48. The highest BCUT2D eigenvalue weighted by Crippen LogP contribution is 2.58. The molecule has 1 N–H and O–H groups in total. The van der Waals surface area contributed by atoms with E-state index in [1.165, 1.54) is 12.8 Å². The van der Waals surface area contributed by atoms with Gasteiger partial charge in [-0.15, -0.1) is 0 Å². The number of benzene rings is 1. The van der Waals surface area contributed by atoms with E-state index >= 15 is 0 Å². The number of hydrogen-bond donors (Lipinski definition) is 1. The molecule has 0 amide bonds. The summed E-state index contributed by atoms with van der Waals surface area (Å²) in [4.78, 5) is 16.3. The van der Waals surface area contributed by atoms with Crippen molar-refractivity contribution in [3.05, 3.63) is 29.6 Å². The van der Waals surface area contributed by atoms with Crippen molar-refractivity contribution in [2.24, 2.45) is 5.41 Å². The SMILES string of the molecule is CC1(C)CC1n1c(C2CC2)nc2cccc(C(=O)O)c21. The fourth-order valence-electron chi connectivity index (χ4n) is 3.16. The van der Waals surface area contributed by atoms with Gasteiger partial charge in [-0.05, 0) is 36.8 Å². The molecular weight excluding hydrogens is 252 g/mol. The van der Waals surface area contributed by atoms with Crippen molar-refractivity contribution in [3.8, 4) is 0 Å². The van der Waals surface area contributed by atoms with Crippen LogP contribution in [0.1, 0.15) is 61.3 Å². The van der Waals surface area contributed by atoms with Crippen LogP contribution < -0.4 is 0 Å². The van der Waals surface area contributed by atoms with E-state index in [0.29, 0.717) is 17.5 Å². The maximum Gasteiger partial charge on any atom is 0.337 e. The molecule has 4 heteroatoms. The molecule has 1 heterocycles. The minimum atomic E-state index is -0.863. The van der Waals surface area contributed by atoms with Gasteiger partial charge in [-0.25, -0.2) is 9.78 Å². The Morgan fingerprint density at radius 1 is 1.40 bits per heavy atom. The third-order valence-corrected chi connectivity index (χ3v) is 4.68. The van der Waals surface area contributed by atoms with Crippen molar-refractivity contribution in [2.75, 3.05) is 0 Å². The highest BCUT2D eigenvalue weighted by atomic mass is 16.4. The quantitative estimate of drug-likeness (QED) is 0.927. The molecule has 0 spiro atoms. The molecule has 1 atom stereocenters. The monoisotopic (exact) mass is 270 g/mol. The van der Waals surface area contributed by atoms with E-state index in [1.807, 2.05) is 6.07 Å². The van der Waals surface area contributed by atoms with E-state index in [0.717, 1.165) is 23.3 Å². The number of carboxylic acids is 1. The van der Waals surface area contributed by atoms with Gasteiger partial charge in [0, 0.05) is 12.0 Å². The van der Waals surface area contributed by atoms with Gasteiger partial charge in [0.15, 0.2) is 0 Å². The molecule has 1 unspecified atom stereocenters. The number of hydrogen-bond acceptors (Lipinski definition) is 2. The third-order valence-electron chi connectivity index (χ3n) is 4.68. The molecule has 2 aliphatic carbocycles. The summed E-state index contributed by atoms with van der Waals surface area (Å²) < 4.78 is 2.23. The van der Waals surface area contributed by atoms with Crippen LogP contribution in [0.25, 0.3) is 11.0 Å². The predicted octanol–water partition coefficient (Wildman–Crippen LogP) is 3.58. The van der Waals surface area contributed by atoms with Crippen molar-refractivity contribution in [2.45, 2.75) is 45.1 Å². The first-order valence-corrected chi connectivity index (χ1v) is 7.23. The van der Waals surface area contributed by atoms with Gasteiger partial charge in [-0.1, -0.05) is 19.9 Å². The van der Waals surface area contributed by atoms with Crippen molar-refractivity contribution >= 4 is 17.0 Å². The molecular formula is C16H18N2O2. The standard InChI is InChI=1S/C16H18N2O2/c1-16(2)8-12(16)18-13-10(15(19)20)4-3-5-11(13)17-14(18)9-6-7-9/h3-5,9,12H,6-8H2,1-2H3,(H,19,20). The van der Waals surface area contributed by atoms with Crippen molar-refractivity contribution in [1.82, 2.24) is 9.55 Å². The molecule has 0 bridgehead atoms. The minimum absolute atomic E-state index is 0.253. The summed E-state index contributed by atoms with van der Waals surface area (Å²) in [5.41, 5.74) is 2.28. The van der Waals surface area contributed by atoms with Gasteiger partial charge in [0.05, 0.1) is 16.6 Å². The zero-order chi connectivity index (χ0) is 14.1. The second-order valence-corrected chi connectivity index (χ2v) is 6.80. The lowest BCUT2D eigenvalue weighted by molar-refractivity contribution is 0.0698. The molecule has 20 heavy (non-hydrogen) atoms. The molecule has 0 aliphatic heterocycles. The number of nitrogens with zero attached hydrogens (tertiary/aromatic N) is 2. The zero-order valence-corrected chi connectivity index (χ0v) is 11.8. The van der Waals surface area contributed by atoms with Crippen LogP contribution in [-0.2, 0) is 0 Å². The molecule has 1 aromatic heterocycles. The summed E-state index contributed by atoms with van der Waals surface area (Å²) in [5.74, 6) is 0.766. The molecule has 0 saturated heterocycles. The second kappa shape index (κ2) is 3.62. The molecule has 4 nitrogen and oxygen atoms in total. The fourth-order valence-corrected chi connectivity index (χ4v) is 3.16. The molecule has 1 aromatic carbocycles. The van der Waals surface area contributed by atoms with Crippen LogP contribution in [0.15, 0.2) is 18.2 Å². The Morgan fingerprint density at radius 3 is 2.65 bits per heavy atom.